The molecule has 5 heterocycles. The molecule has 8 heteroatoms. The van der Waals surface area contributed by atoms with Crippen LogP contribution in [0.1, 0.15) is 37.3 Å². The number of nitrogen functional groups attached to an aromatic ring is 1. The van der Waals surface area contributed by atoms with E-state index in [2.05, 4.69) is 10.1 Å². The first-order valence-electron chi connectivity index (χ1n) is 11.7. The van der Waals surface area contributed by atoms with Crippen LogP contribution in [-0.2, 0) is 4.79 Å². The minimum absolute atomic E-state index is 0.154. The van der Waals surface area contributed by atoms with Gasteiger partial charge >= 0.3 is 0 Å². The Morgan fingerprint density at radius 2 is 1.79 bits per heavy atom. The van der Waals surface area contributed by atoms with Crippen LogP contribution in [0, 0.1) is 0 Å². The predicted octanol–water partition coefficient (Wildman–Crippen LogP) is 3.27. The van der Waals surface area contributed by atoms with Crippen LogP contribution < -0.4 is 5.73 Å². The molecule has 2 aliphatic rings. The lowest BCUT2D eigenvalue weighted by Crippen LogP contribution is -2.47. The van der Waals surface area contributed by atoms with Gasteiger partial charge in [0.25, 0.3) is 0 Å². The van der Waals surface area contributed by atoms with E-state index < -0.39 is 6.61 Å². The van der Waals surface area contributed by atoms with Crippen LogP contribution >= 0.6 is 0 Å². The van der Waals surface area contributed by atoms with Crippen LogP contribution in [0.4, 0.5) is 5.82 Å². The zero-order valence-electron chi connectivity index (χ0n) is 18.7. The summed E-state index contributed by atoms with van der Waals surface area (Å²) in [6.07, 6.45) is 7.25. The van der Waals surface area contributed by atoms with Crippen LogP contribution in [0.25, 0.3) is 28.0 Å². The monoisotopic (exact) mass is 454 g/mol. The van der Waals surface area contributed by atoms with E-state index in [0.717, 1.165) is 53.8 Å². The molecular weight excluding hydrogens is 428 g/mol. The van der Waals surface area contributed by atoms with E-state index in [1.54, 1.807) is 10.7 Å². The molecule has 2 saturated heterocycles. The lowest BCUT2D eigenvalue weighted by atomic mass is 9.87. The Morgan fingerprint density at radius 1 is 1.03 bits per heavy atom. The van der Waals surface area contributed by atoms with Gasteiger partial charge in [-0.05, 0) is 31.7 Å². The zero-order valence-corrected chi connectivity index (χ0v) is 18.7. The fraction of sp³-hybridized carbons (Fsp3) is 0.308. The van der Waals surface area contributed by atoms with Crippen molar-refractivity contribution in [3.63, 3.8) is 0 Å². The summed E-state index contributed by atoms with van der Waals surface area (Å²) >= 11 is 0. The maximum Gasteiger partial charge on any atom is 0.248 e. The highest BCUT2D eigenvalue weighted by atomic mass is 16.3. The van der Waals surface area contributed by atoms with Crippen molar-refractivity contribution in [2.24, 2.45) is 0 Å². The van der Waals surface area contributed by atoms with Gasteiger partial charge in [0, 0.05) is 52.6 Å². The van der Waals surface area contributed by atoms with Gasteiger partial charge in [-0.1, -0.05) is 36.4 Å². The first-order chi connectivity index (χ1) is 16.6. The molecular formula is C26H26N6O2. The normalized spacial score (nSPS) is 21.8. The average Bonchev–Trinajstić information content (AvgIpc) is 3.42. The van der Waals surface area contributed by atoms with E-state index in [1.165, 1.54) is 0 Å². The van der Waals surface area contributed by atoms with Gasteiger partial charge in [-0.25, -0.2) is 4.98 Å². The summed E-state index contributed by atoms with van der Waals surface area (Å²) in [6, 6.07) is 16.3. The first kappa shape index (κ1) is 20.8. The molecule has 0 aliphatic carbocycles. The number of fused-ring (bicyclic) bond motifs is 3. The summed E-state index contributed by atoms with van der Waals surface area (Å²) in [6.45, 7) is -0.425. The van der Waals surface area contributed by atoms with Crippen molar-refractivity contribution in [1.82, 2.24) is 24.5 Å². The van der Waals surface area contributed by atoms with Crippen molar-refractivity contribution in [3.8, 4) is 22.4 Å². The zero-order chi connectivity index (χ0) is 23.2. The third-order valence-corrected chi connectivity index (χ3v) is 7.24. The Bertz CT molecular complexity index is 1340. The van der Waals surface area contributed by atoms with Crippen molar-refractivity contribution in [2.45, 2.75) is 43.7 Å². The van der Waals surface area contributed by atoms with Crippen molar-refractivity contribution < 1.29 is 9.90 Å². The highest BCUT2D eigenvalue weighted by Crippen LogP contribution is 2.43. The number of carbonyl (C=O) groups excluding carboxylic acids is 1. The van der Waals surface area contributed by atoms with E-state index in [4.69, 9.17) is 10.7 Å². The number of aliphatic hydroxyl groups is 1. The molecule has 0 radical (unpaired) electrons. The lowest BCUT2D eigenvalue weighted by molar-refractivity contribution is -0.138. The summed E-state index contributed by atoms with van der Waals surface area (Å²) in [5.74, 6) is 0.591. The van der Waals surface area contributed by atoms with Crippen molar-refractivity contribution in [1.29, 1.82) is 0 Å². The molecule has 8 nitrogen and oxygen atoms in total. The van der Waals surface area contributed by atoms with E-state index in [0.29, 0.717) is 11.5 Å². The van der Waals surface area contributed by atoms with Gasteiger partial charge < -0.3 is 15.7 Å². The maximum absolute atomic E-state index is 12.2. The number of nitrogens with two attached hydrogens (primary N) is 1. The van der Waals surface area contributed by atoms with E-state index in [-0.39, 0.29) is 23.9 Å². The van der Waals surface area contributed by atoms with Crippen molar-refractivity contribution >= 4 is 17.4 Å². The molecule has 0 unspecified atom stereocenters. The van der Waals surface area contributed by atoms with Gasteiger partial charge in [0.05, 0.1) is 11.9 Å². The molecule has 3 aromatic heterocycles. The number of aromatic nitrogens is 4. The van der Waals surface area contributed by atoms with Gasteiger partial charge in [-0.15, -0.1) is 0 Å². The molecule has 2 bridgehead atoms. The SMILES string of the molecule is Nc1cc([C@@H]2C[C@H]3CC[C@@H](C2)N3C(=O)CO)nc2c(-c3ccc(-c4ccccc4)nc3)cnn12. The number of nitrogens with zero attached hydrogens (tertiary/aromatic N) is 5. The van der Waals surface area contributed by atoms with E-state index >= 15 is 0 Å². The molecule has 34 heavy (non-hydrogen) atoms. The topological polar surface area (TPSA) is 110 Å². The third kappa shape index (κ3) is 3.42. The Labute approximate surface area is 197 Å². The van der Waals surface area contributed by atoms with E-state index in [9.17, 15) is 9.90 Å². The molecule has 1 aromatic carbocycles. The summed E-state index contributed by atoms with van der Waals surface area (Å²) < 4.78 is 1.67. The summed E-state index contributed by atoms with van der Waals surface area (Å²) in [5, 5.41) is 13.8. The number of anilines is 1. The van der Waals surface area contributed by atoms with E-state index in [1.807, 2.05) is 59.6 Å². The van der Waals surface area contributed by atoms with Gasteiger partial charge in [0.15, 0.2) is 5.65 Å². The smallest absolute Gasteiger partial charge is 0.248 e. The fourth-order valence-corrected chi connectivity index (χ4v) is 5.66. The molecule has 3 N–H and O–H groups in total. The predicted molar refractivity (Wildman–Crippen MR) is 129 cm³/mol. The molecule has 1 amide bonds. The number of aliphatic hydroxyl groups excluding tert-OH is 1. The van der Waals surface area contributed by atoms with Crippen LogP contribution in [0.3, 0.4) is 0 Å². The second-order valence-electron chi connectivity index (χ2n) is 9.21. The van der Waals surface area contributed by atoms with Crippen molar-refractivity contribution in [2.75, 3.05) is 12.3 Å². The maximum atomic E-state index is 12.2. The molecule has 0 spiro atoms. The standard InChI is InChI=1S/C26H26N6O2/c27-24-12-23(18-10-19-7-8-20(11-18)31(19)25(34)15-33)30-26-21(14-29-32(24)26)17-6-9-22(28-13-17)16-4-2-1-3-5-16/h1-6,9,12-14,18-20,33H,7-8,10-11,15,27H2/t18-,19-,20+. The minimum atomic E-state index is -0.425. The largest absolute Gasteiger partial charge is 0.387 e. The van der Waals surface area contributed by atoms with Crippen LogP contribution in [0.15, 0.2) is 60.9 Å². The fourth-order valence-electron chi connectivity index (χ4n) is 5.66. The molecule has 0 saturated carbocycles. The Kier molecular flexibility index (Phi) is 5.03. The summed E-state index contributed by atoms with van der Waals surface area (Å²) in [4.78, 5) is 23.8. The van der Waals surface area contributed by atoms with Crippen molar-refractivity contribution in [3.05, 3.63) is 66.6 Å². The van der Waals surface area contributed by atoms with Gasteiger partial charge in [0.1, 0.15) is 12.4 Å². The quantitative estimate of drug-likeness (QED) is 0.490. The molecule has 172 valence electrons. The number of pyridine rings is 1. The minimum Gasteiger partial charge on any atom is -0.387 e. The molecule has 2 aliphatic heterocycles. The summed E-state index contributed by atoms with van der Waals surface area (Å²) in [7, 11) is 0. The van der Waals surface area contributed by atoms with Crippen LogP contribution in [-0.4, -0.2) is 54.2 Å². The molecule has 3 atom stereocenters. The highest BCUT2D eigenvalue weighted by Gasteiger charge is 2.43. The molecule has 2 fully saturated rings. The number of piperidine rings is 1. The number of carbonyl (C=O) groups is 1. The Morgan fingerprint density at radius 3 is 2.47 bits per heavy atom. The van der Waals surface area contributed by atoms with Gasteiger partial charge in [-0.3, -0.25) is 9.78 Å². The molecule has 6 rings (SSSR count). The Balaban J connectivity index is 1.33. The highest BCUT2D eigenvalue weighted by molar-refractivity contribution is 5.79. The first-order valence-corrected chi connectivity index (χ1v) is 11.7. The average molecular weight is 455 g/mol. The van der Waals surface area contributed by atoms with Crippen LogP contribution in [0.2, 0.25) is 0 Å². The third-order valence-electron chi connectivity index (χ3n) is 7.24. The second kappa shape index (κ2) is 8.22. The number of amides is 1. The summed E-state index contributed by atoms with van der Waals surface area (Å²) in [5.41, 5.74) is 11.8. The van der Waals surface area contributed by atoms with Gasteiger partial charge in [-0.2, -0.15) is 9.61 Å². The molecule has 4 aromatic rings. The van der Waals surface area contributed by atoms with Gasteiger partial charge in [0.2, 0.25) is 5.91 Å². The second-order valence-corrected chi connectivity index (χ2v) is 9.21. The lowest BCUT2D eigenvalue weighted by Gasteiger charge is -2.38. The number of rotatable bonds is 4. The number of benzene rings is 1. The Hall–Kier alpha value is -3.78. The van der Waals surface area contributed by atoms with Crippen LogP contribution in [0.5, 0.6) is 0 Å². The number of hydrogen-bond donors (Lipinski definition) is 2. The number of hydrogen-bond acceptors (Lipinski definition) is 6.